The molecule has 2 aromatic rings. The third-order valence-electron chi connectivity index (χ3n) is 2.56. The van der Waals surface area contributed by atoms with Gasteiger partial charge in [0.1, 0.15) is 18.1 Å². The molecule has 0 fully saturated rings. The van der Waals surface area contributed by atoms with Gasteiger partial charge >= 0.3 is 0 Å². The molecule has 0 aliphatic rings. The molecule has 0 radical (unpaired) electrons. The fraction of sp³-hybridized carbons (Fsp3) is 0.267. The van der Waals surface area contributed by atoms with Crippen molar-refractivity contribution in [2.24, 2.45) is 10.7 Å². The highest BCUT2D eigenvalue weighted by Gasteiger charge is 2.04. The number of nitrogens with two attached hydrogens (primary N) is 1. The number of furan rings is 1. The highest BCUT2D eigenvalue weighted by Crippen LogP contribution is 2.21. The van der Waals surface area contributed by atoms with Gasteiger partial charge in [0, 0.05) is 11.6 Å². The zero-order chi connectivity index (χ0) is 13.7. The summed E-state index contributed by atoms with van der Waals surface area (Å²) in [4.78, 5) is 4.23. The van der Waals surface area contributed by atoms with E-state index in [1.165, 1.54) is 0 Å². The molecule has 1 heterocycles. The number of guanidine groups is 1. The second kappa shape index (κ2) is 6.09. The van der Waals surface area contributed by atoms with Gasteiger partial charge in [0.2, 0.25) is 0 Å². The molecule has 0 saturated heterocycles. The van der Waals surface area contributed by atoms with Crippen LogP contribution in [0.15, 0.2) is 51.9 Å². The van der Waals surface area contributed by atoms with E-state index >= 15 is 0 Å². The van der Waals surface area contributed by atoms with Crippen molar-refractivity contribution in [1.29, 1.82) is 0 Å². The minimum atomic E-state index is 0.278. The fourth-order valence-electron chi connectivity index (χ4n) is 1.72. The van der Waals surface area contributed by atoms with E-state index < -0.39 is 0 Å². The van der Waals surface area contributed by atoms with Crippen molar-refractivity contribution in [3.8, 4) is 11.3 Å². The van der Waals surface area contributed by atoms with Crippen molar-refractivity contribution in [3.05, 3.63) is 48.2 Å². The van der Waals surface area contributed by atoms with Crippen LogP contribution in [0.2, 0.25) is 0 Å². The van der Waals surface area contributed by atoms with Crippen molar-refractivity contribution in [2.75, 3.05) is 0 Å². The van der Waals surface area contributed by atoms with E-state index in [1.54, 1.807) is 0 Å². The van der Waals surface area contributed by atoms with E-state index in [4.69, 9.17) is 10.2 Å². The smallest absolute Gasteiger partial charge is 0.189 e. The highest BCUT2D eigenvalue weighted by atomic mass is 16.3. The summed E-state index contributed by atoms with van der Waals surface area (Å²) in [6.45, 7) is 4.48. The number of hydrogen-bond acceptors (Lipinski definition) is 2. The Morgan fingerprint density at radius 3 is 2.63 bits per heavy atom. The Bertz CT molecular complexity index is 544. The Kier molecular flexibility index (Phi) is 4.23. The van der Waals surface area contributed by atoms with Gasteiger partial charge in [0.25, 0.3) is 0 Å². The van der Waals surface area contributed by atoms with Crippen LogP contribution in [0.5, 0.6) is 0 Å². The Morgan fingerprint density at radius 2 is 1.95 bits per heavy atom. The van der Waals surface area contributed by atoms with Crippen molar-refractivity contribution in [1.82, 2.24) is 5.32 Å². The van der Waals surface area contributed by atoms with Crippen LogP contribution in [0.1, 0.15) is 19.6 Å². The fourth-order valence-corrected chi connectivity index (χ4v) is 1.72. The second-order valence-electron chi connectivity index (χ2n) is 4.63. The third kappa shape index (κ3) is 3.88. The van der Waals surface area contributed by atoms with Gasteiger partial charge in [-0.15, -0.1) is 0 Å². The van der Waals surface area contributed by atoms with Crippen molar-refractivity contribution in [2.45, 2.75) is 26.4 Å². The molecule has 0 amide bonds. The topological polar surface area (TPSA) is 63.5 Å². The van der Waals surface area contributed by atoms with Crippen molar-refractivity contribution < 1.29 is 4.42 Å². The third-order valence-corrected chi connectivity index (χ3v) is 2.56. The van der Waals surface area contributed by atoms with Crippen LogP contribution in [0.4, 0.5) is 0 Å². The molecule has 0 aliphatic heterocycles. The van der Waals surface area contributed by atoms with Gasteiger partial charge in [-0.3, -0.25) is 0 Å². The molecule has 2 rings (SSSR count). The van der Waals surface area contributed by atoms with Crippen LogP contribution in [-0.4, -0.2) is 12.0 Å². The summed E-state index contributed by atoms with van der Waals surface area (Å²) >= 11 is 0. The monoisotopic (exact) mass is 257 g/mol. The van der Waals surface area contributed by atoms with E-state index in [-0.39, 0.29) is 6.04 Å². The van der Waals surface area contributed by atoms with Crippen LogP contribution >= 0.6 is 0 Å². The molecule has 3 N–H and O–H groups in total. The van der Waals surface area contributed by atoms with Gasteiger partial charge in [0.05, 0.1) is 0 Å². The molecule has 1 aromatic carbocycles. The first-order chi connectivity index (χ1) is 9.15. The maximum absolute atomic E-state index is 5.74. The number of nitrogens with one attached hydrogen (secondary N) is 1. The molecule has 1 aromatic heterocycles. The van der Waals surface area contributed by atoms with Gasteiger partial charge < -0.3 is 15.5 Å². The Hall–Kier alpha value is -2.23. The molecule has 0 aliphatic carbocycles. The lowest BCUT2D eigenvalue weighted by molar-refractivity contribution is 0.525. The number of benzene rings is 1. The van der Waals surface area contributed by atoms with Crippen LogP contribution in [0.25, 0.3) is 11.3 Å². The lowest BCUT2D eigenvalue weighted by Crippen LogP contribution is -2.36. The Morgan fingerprint density at radius 1 is 1.21 bits per heavy atom. The lowest BCUT2D eigenvalue weighted by atomic mass is 10.2. The van der Waals surface area contributed by atoms with E-state index in [1.807, 2.05) is 56.3 Å². The zero-order valence-corrected chi connectivity index (χ0v) is 11.3. The SMILES string of the molecule is CC(C)NC(N)=NCc1ccc(-c2ccccc2)o1. The van der Waals surface area contributed by atoms with Gasteiger partial charge in [-0.2, -0.15) is 0 Å². The maximum Gasteiger partial charge on any atom is 0.189 e. The molecule has 0 atom stereocenters. The van der Waals surface area contributed by atoms with E-state index in [0.29, 0.717) is 12.5 Å². The molecular formula is C15H19N3O. The minimum Gasteiger partial charge on any atom is -0.459 e. The Balaban J connectivity index is 2.02. The van der Waals surface area contributed by atoms with Crippen LogP contribution in [-0.2, 0) is 6.54 Å². The van der Waals surface area contributed by atoms with E-state index in [0.717, 1.165) is 17.1 Å². The summed E-state index contributed by atoms with van der Waals surface area (Å²) in [6, 6.07) is 14.1. The minimum absolute atomic E-state index is 0.278. The maximum atomic E-state index is 5.74. The molecule has 0 spiro atoms. The van der Waals surface area contributed by atoms with Crippen LogP contribution < -0.4 is 11.1 Å². The molecule has 0 saturated carbocycles. The number of nitrogens with zero attached hydrogens (tertiary/aromatic N) is 1. The lowest BCUT2D eigenvalue weighted by Gasteiger charge is -2.07. The number of aliphatic imine (C=N–C) groups is 1. The Labute approximate surface area is 113 Å². The average molecular weight is 257 g/mol. The highest BCUT2D eigenvalue weighted by molar-refractivity contribution is 5.78. The first-order valence-corrected chi connectivity index (χ1v) is 6.36. The van der Waals surface area contributed by atoms with E-state index in [9.17, 15) is 0 Å². The number of rotatable bonds is 4. The standard InChI is InChI=1S/C15H19N3O/c1-11(2)18-15(16)17-10-13-8-9-14(19-13)12-6-4-3-5-7-12/h3-9,11H,10H2,1-2H3,(H3,16,17,18). The second-order valence-corrected chi connectivity index (χ2v) is 4.63. The van der Waals surface area contributed by atoms with Gasteiger partial charge in [-0.1, -0.05) is 30.3 Å². The van der Waals surface area contributed by atoms with Gasteiger partial charge in [-0.05, 0) is 26.0 Å². The molecule has 19 heavy (non-hydrogen) atoms. The van der Waals surface area contributed by atoms with Gasteiger partial charge in [-0.25, -0.2) is 4.99 Å². The first kappa shape index (κ1) is 13.2. The summed E-state index contributed by atoms with van der Waals surface area (Å²) in [5.41, 5.74) is 6.80. The van der Waals surface area contributed by atoms with Gasteiger partial charge in [0.15, 0.2) is 5.96 Å². The molecule has 4 nitrogen and oxygen atoms in total. The molecule has 0 bridgehead atoms. The van der Waals surface area contributed by atoms with Crippen LogP contribution in [0, 0.1) is 0 Å². The van der Waals surface area contributed by atoms with Crippen molar-refractivity contribution >= 4 is 5.96 Å². The molecule has 4 heteroatoms. The molecule has 100 valence electrons. The summed E-state index contributed by atoms with van der Waals surface area (Å²) in [7, 11) is 0. The first-order valence-electron chi connectivity index (χ1n) is 6.36. The predicted molar refractivity (Wildman–Crippen MR) is 77.7 cm³/mol. The predicted octanol–water partition coefficient (Wildman–Crippen LogP) is 2.76. The summed E-state index contributed by atoms with van der Waals surface area (Å²) in [5, 5.41) is 3.04. The number of hydrogen-bond donors (Lipinski definition) is 2. The van der Waals surface area contributed by atoms with E-state index in [2.05, 4.69) is 10.3 Å². The summed E-state index contributed by atoms with van der Waals surface area (Å²) in [5.74, 6) is 2.08. The average Bonchev–Trinajstić information content (AvgIpc) is 2.85. The van der Waals surface area contributed by atoms with Crippen LogP contribution in [0.3, 0.4) is 0 Å². The summed E-state index contributed by atoms with van der Waals surface area (Å²) in [6.07, 6.45) is 0. The van der Waals surface area contributed by atoms with Crippen molar-refractivity contribution in [3.63, 3.8) is 0 Å². The molecular weight excluding hydrogens is 238 g/mol. The summed E-state index contributed by atoms with van der Waals surface area (Å²) < 4.78 is 5.73. The largest absolute Gasteiger partial charge is 0.459 e. The molecule has 0 unspecified atom stereocenters. The zero-order valence-electron chi connectivity index (χ0n) is 11.3. The normalized spacial score (nSPS) is 11.8. The quantitative estimate of drug-likeness (QED) is 0.654.